The van der Waals surface area contributed by atoms with E-state index in [0.717, 1.165) is 67.1 Å². The highest BCUT2D eigenvalue weighted by Crippen LogP contribution is 2.24. The fourth-order valence-corrected chi connectivity index (χ4v) is 2.40. The molecule has 17 heteroatoms. The van der Waals surface area contributed by atoms with Crippen molar-refractivity contribution in [1.82, 2.24) is 0 Å². The summed E-state index contributed by atoms with van der Waals surface area (Å²) in [4.78, 5) is 0. The van der Waals surface area contributed by atoms with Crippen LogP contribution in [0.2, 0.25) is 0 Å². The molecule has 3 nitrogen and oxygen atoms in total. The van der Waals surface area contributed by atoms with Crippen LogP contribution in [-0.2, 0) is 9.47 Å². The quantitative estimate of drug-likeness (QED) is 0.110. The highest BCUT2D eigenvalue weighted by atomic mass is 19.4. The number of hydrogen-bond acceptors (Lipinski definition) is 3. The van der Waals surface area contributed by atoms with Gasteiger partial charge in [0.15, 0.2) is 6.36 Å². The molecule has 0 heterocycles. The molecule has 0 aromatic rings. The molecule has 0 aromatic heterocycles. The number of halogens is 14. The lowest BCUT2D eigenvalue weighted by Crippen LogP contribution is -2.25. The van der Waals surface area contributed by atoms with Crippen molar-refractivity contribution < 1.29 is 76.0 Å². The first-order chi connectivity index (χ1) is 44.5. The molecule has 0 aliphatic carbocycles. The molecule has 0 saturated carbocycles. The van der Waals surface area contributed by atoms with Crippen LogP contribution < -0.4 is 0 Å². The third-order valence-corrected chi connectivity index (χ3v) is 15.8. The molecular formula is C84H184F14O3. The second kappa shape index (κ2) is 82.9. The fourth-order valence-electron chi connectivity index (χ4n) is 2.40. The molecule has 3 unspecified atom stereocenters. The maximum atomic E-state index is 11.9. The zero-order valence-corrected chi connectivity index (χ0v) is 75.9. The van der Waals surface area contributed by atoms with Gasteiger partial charge in [-0.15, -0.1) is 0 Å². The van der Waals surface area contributed by atoms with Crippen LogP contribution in [0.3, 0.4) is 0 Å². The highest BCUT2D eigenvalue weighted by molar-refractivity contribution is 4.68. The van der Waals surface area contributed by atoms with Gasteiger partial charge in [0.25, 0.3) is 0 Å². The summed E-state index contributed by atoms with van der Waals surface area (Å²) in [7, 11) is 0. The summed E-state index contributed by atoms with van der Waals surface area (Å²) in [5, 5.41) is 9.09. The van der Waals surface area contributed by atoms with Crippen molar-refractivity contribution in [1.29, 1.82) is 0 Å². The van der Waals surface area contributed by atoms with Crippen LogP contribution in [0.5, 0.6) is 0 Å². The van der Waals surface area contributed by atoms with E-state index in [1.54, 1.807) is 55.4 Å². The summed E-state index contributed by atoms with van der Waals surface area (Å²) in [6.07, 6.45) is -9.48. The Balaban J connectivity index is -0.0000000605. The summed E-state index contributed by atoms with van der Waals surface area (Å²) in [5.41, 5.74) is -0.500. The van der Waals surface area contributed by atoms with Gasteiger partial charge in [0.1, 0.15) is 0 Å². The molecular weight excluding hydrogens is 1320 g/mol. The first kappa shape index (κ1) is 136. The first-order valence-corrected chi connectivity index (χ1v) is 38.7. The molecule has 0 fully saturated rings. The minimum absolute atomic E-state index is 0.0278. The largest absolute Gasteiger partial charge is 0.390 e. The van der Waals surface area contributed by atoms with Gasteiger partial charge < -0.3 is 14.6 Å². The Morgan fingerprint density at radius 1 is 0.297 bits per heavy atom. The van der Waals surface area contributed by atoms with Gasteiger partial charge in [-0.1, -0.05) is 289 Å². The minimum atomic E-state index is -3.98. The summed E-state index contributed by atoms with van der Waals surface area (Å²) in [6, 6.07) is 0. The van der Waals surface area contributed by atoms with Crippen LogP contribution in [0.15, 0.2) is 0 Å². The van der Waals surface area contributed by atoms with Crippen LogP contribution in [0.25, 0.3) is 0 Å². The van der Waals surface area contributed by atoms with Gasteiger partial charge in [0.2, 0.25) is 12.3 Å². The topological polar surface area (TPSA) is 38.7 Å². The summed E-state index contributed by atoms with van der Waals surface area (Å²) < 4.78 is 172. The van der Waals surface area contributed by atoms with Crippen molar-refractivity contribution in [3.8, 4) is 0 Å². The standard InChI is InChI=1S/2C7H16.C6H12F2O.C6H13FO.C6H14O.2C6H14.C5H9F3.2C5H10F2.4C5H11F.C5H12/c2*1-5-7(4)6(2)3;1-5(2)4-9-6(3,7)8;1-5(2)4-8-6(3)7;1-5(2)6(3,4)7;2*1-5(2)6(3)4;1-4(2)3-5(6,7)8;1-4(2)5(3,6)7;1-4(2)3-5(6)7;4*1-4(2)5(3)6;1-4-5(2)3/h2*6-7H,5H2,1-4H3;5H,4H2,1-3H3;5-6H,4H2,1-3H3;5,7H,1-4H3;2*5-6H,1-4H3;4H,3H2,1-2H3;4H,1-3H3;4-5H,3H2,1-2H3;4*4-5H,1-3H3;5H,4H2,1-3H3/t2*7-;;;;;;;;;2*5-;;;/m10........10.../s1. The van der Waals surface area contributed by atoms with Gasteiger partial charge in [-0.25, -0.2) is 39.5 Å². The SMILES string of the molecule is CC(C)C(C)(C)O.CC(C)C(C)(F)F.CC(C)C(C)C.CC(C)C(C)C.CC(C)C(C)F.CC(C)C(C)F.CC(C)CC(F)(F)F.CC(C)CC(F)F.CC(C)COC(C)(F)F.CC(C)COC(C)F.CC(C)[C@@H](C)F.CC(C)[C@H](C)F.CCC(C)C.CC[C@@H](C)C(C)C.CC[C@H](C)C(C)C. The Morgan fingerprint density at radius 3 is 0.525 bits per heavy atom. The Labute approximate surface area is 624 Å². The van der Waals surface area contributed by atoms with E-state index in [1.807, 2.05) is 111 Å². The van der Waals surface area contributed by atoms with E-state index in [0.29, 0.717) is 18.4 Å². The molecule has 0 radical (unpaired) electrons. The van der Waals surface area contributed by atoms with E-state index >= 15 is 0 Å². The third kappa shape index (κ3) is 196. The number of rotatable bonds is 22. The minimum Gasteiger partial charge on any atom is -0.390 e. The smallest absolute Gasteiger partial charge is 0.389 e. The second-order valence-corrected chi connectivity index (χ2v) is 33.7. The Hall–Kier alpha value is -1.10. The van der Waals surface area contributed by atoms with E-state index in [4.69, 9.17) is 5.11 Å². The molecule has 0 aliphatic heterocycles. The van der Waals surface area contributed by atoms with Crippen LogP contribution in [0.4, 0.5) is 61.5 Å². The summed E-state index contributed by atoms with van der Waals surface area (Å²) >= 11 is 0. The van der Waals surface area contributed by atoms with Crippen LogP contribution >= 0.6 is 0 Å². The predicted molar refractivity (Wildman–Crippen MR) is 425 cm³/mol. The molecule has 0 rings (SSSR count). The Kier molecular flexibility index (Phi) is 111. The van der Waals surface area contributed by atoms with Crippen molar-refractivity contribution in [2.45, 2.75) is 426 Å². The first-order valence-electron chi connectivity index (χ1n) is 38.7. The Morgan fingerprint density at radius 2 is 0.505 bits per heavy atom. The molecule has 0 aromatic carbocycles. The van der Waals surface area contributed by atoms with Crippen molar-refractivity contribution in [3.05, 3.63) is 0 Å². The average Bonchev–Trinajstić information content (AvgIpc) is 3.60. The van der Waals surface area contributed by atoms with E-state index in [1.165, 1.54) is 40.0 Å². The summed E-state index contributed by atoms with van der Waals surface area (Å²) in [5.74, 6) is 6.32. The fraction of sp³-hybridized carbons (Fsp3) is 1.00. The van der Waals surface area contributed by atoms with Crippen LogP contribution in [0.1, 0.15) is 364 Å². The number of ether oxygens (including phenoxy) is 2. The molecule has 0 saturated heterocycles. The van der Waals surface area contributed by atoms with Crippen molar-refractivity contribution in [2.75, 3.05) is 13.2 Å². The van der Waals surface area contributed by atoms with Crippen molar-refractivity contribution in [2.24, 2.45) is 112 Å². The molecule has 1 N–H and O–H groups in total. The second-order valence-electron chi connectivity index (χ2n) is 33.7. The van der Waals surface area contributed by atoms with Crippen LogP contribution in [0, 0.1) is 112 Å². The van der Waals surface area contributed by atoms with E-state index in [9.17, 15) is 61.5 Å². The average molecular weight is 1510 g/mol. The van der Waals surface area contributed by atoms with Gasteiger partial charge >= 0.3 is 12.3 Å². The lowest BCUT2D eigenvalue weighted by molar-refractivity contribution is -0.228. The van der Waals surface area contributed by atoms with E-state index in [-0.39, 0.29) is 54.5 Å². The lowest BCUT2D eigenvalue weighted by Gasteiger charge is -2.21. The van der Waals surface area contributed by atoms with Gasteiger partial charge in [0.05, 0.1) is 43.5 Å². The number of alkyl halides is 14. The Bertz CT molecular complexity index is 1280. The number of aliphatic hydroxyl groups is 1. The highest BCUT2D eigenvalue weighted by Gasteiger charge is 2.28. The van der Waals surface area contributed by atoms with Crippen molar-refractivity contribution >= 4 is 0 Å². The molecule has 0 bridgehead atoms. The molecule has 7 atom stereocenters. The zero-order valence-electron chi connectivity index (χ0n) is 75.9. The van der Waals surface area contributed by atoms with Crippen molar-refractivity contribution in [3.63, 3.8) is 0 Å². The van der Waals surface area contributed by atoms with Gasteiger partial charge in [0, 0.05) is 25.7 Å². The third-order valence-electron chi connectivity index (χ3n) is 15.8. The zero-order chi connectivity index (χ0) is 85.8. The monoisotopic (exact) mass is 1510 g/mol. The van der Waals surface area contributed by atoms with E-state index in [2.05, 4.69) is 141 Å². The maximum Gasteiger partial charge on any atom is 0.389 e. The van der Waals surface area contributed by atoms with Gasteiger partial charge in [-0.05, 0) is 162 Å². The molecule has 0 aliphatic rings. The number of hydrogen-bond donors (Lipinski definition) is 1. The predicted octanol–water partition coefficient (Wildman–Crippen LogP) is 32.9. The molecule has 636 valence electrons. The normalized spacial score (nSPS) is 13.4. The van der Waals surface area contributed by atoms with Gasteiger partial charge in [-0.2, -0.15) is 22.0 Å². The van der Waals surface area contributed by atoms with E-state index < -0.39 is 73.6 Å². The molecule has 0 spiro atoms. The van der Waals surface area contributed by atoms with Gasteiger partial charge in [-0.3, -0.25) is 0 Å². The maximum absolute atomic E-state index is 11.9. The molecule has 0 amide bonds. The molecule has 101 heavy (non-hydrogen) atoms. The van der Waals surface area contributed by atoms with Crippen LogP contribution in [-0.4, -0.2) is 79.6 Å². The summed E-state index contributed by atoms with van der Waals surface area (Å²) in [6.45, 7) is 92.6. The lowest BCUT2D eigenvalue weighted by atomic mass is 9.95.